The zero-order valence-corrected chi connectivity index (χ0v) is 22.0. The maximum Gasteiger partial charge on any atom is 0.490 e. The summed E-state index contributed by atoms with van der Waals surface area (Å²) in [6, 6.07) is 10.0. The van der Waals surface area contributed by atoms with Gasteiger partial charge in [-0.05, 0) is 46.9 Å². The number of carboxylic acids is 1. The molecule has 3 aromatic rings. The molecule has 2 aromatic carbocycles. The van der Waals surface area contributed by atoms with E-state index in [-0.39, 0.29) is 11.0 Å². The highest BCUT2D eigenvalue weighted by Gasteiger charge is 2.39. The number of amides is 2. The summed E-state index contributed by atoms with van der Waals surface area (Å²) in [4.78, 5) is 25.6. The van der Waals surface area contributed by atoms with E-state index in [2.05, 4.69) is 15.6 Å². The Morgan fingerprint density at radius 2 is 1.29 bits per heavy atom. The third-order valence-electron chi connectivity index (χ3n) is 5.49. The lowest BCUT2D eigenvalue weighted by Crippen LogP contribution is -2.35. The molecule has 0 unspecified atom stereocenters. The first-order valence-corrected chi connectivity index (χ1v) is 11.8. The quantitative estimate of drug-likeness (QED) is 0.262. The molecule has 0 saturated heterocycles. The van der Waals surface area contributed by atoms with Gasteiger partial charge in [0, 0.05) is 11.9 Å². The summed E-state index contributed by atoms with van der Waals surface area (Å²) in [7, 11) is 0. The number of halogens is 9. The normalized spacial score (nSPS) is 13.0. The van der Waals surface area contributed by atoms with E-state index in [1.165, 1.54) is 0 Å². The van der Waals surface area contributed by atoms with Crippen LogP contribution >= 0.6 is 0 Å². The summed E-state index contributed by atoms with van der Waals surface area (Å²) in [5, 5.41) is 12.2. The Morgan fingerprint density at radius 3 is 1.76 bits per heavy atom. The standard InChI is InChI=1S/C25H23F6N3O.C2HF3O2/c1-23(2,3)17-7-4-5-9-19(17)33-22(35)34-20(15-10-12-16(13-11-15)24(26,27)28)21-18(25(29,30)31)8-6-14-32-21;3-2(4,5)1(6)7/h4-14,20H,1-3H3,(H2,33,34,35);(H,6,7)/t20-;/m0./s1. The minimum Gasteiger partial charge on any atom is -0.475 e. The van der Waals surface area contributed by atoms with E-state index in [9.17, 15) is 44.3 Å². The zero-order valence-electron chi connectivity index (χ0n) is 22.0. The molecule has 42 heavy (non-hydrogen) atoms. The van der Waals surface area contributed by atoms with Crippen LogP contribution in [0.15, 0.2) is 66.9 Å². The Hall–Kier alpha value is -4.30. The van der Waals surface area contributed by atoms with Crippen LogP contribution in [0.5, 0.6) is 0 Å². The van der Waals surface area contributed by atoms with Crippen molar-refractivity contribution in [2.24, 2.45) is 0 Å². The van der Waals surface area contributed by atoms with Crippen molar-refractivity contribution in [3.63, 3.8) is 0 Å². The van der Waals surface area contributed by atoms with Gasteiger partial charge in [-0.3, -0.25) is 4.98 Å². The molecule has 0 bridgehead atoms. The molecule has 0 spiro atoms. The highest BCUT2D eigenvalue weighted by Crippen LogP contribution is 2.37. The van der Waals surface area contributed by atoms with Gasteiger partial charge in [0.15, 0.2) is 0 Å². The number of carbonyl (C=O) groups excluding carboxylic acids is 1. The van der Waals surface area contributed by atoms with Crippen LogP contribution in [-0.4, -0.2) is 28.3 Å². The van der Waals surface area contributed by atoms with Gasteiger partial charge in [-0.1, -0.05) is 51.1 Å². The minimum absolute atomic E-state index is 0.00135. The number of aromatic nitrogens is 1. The van der Waals surface area contributed by atoms with Gasteiger partial charge in [0.2, 0.25) is 0 Å². The lowest BCUT2D eigenvalue weighted by atomic mass is 9.86. The Kier molecular flexibility index (Phi) is 10.2. The highest BCUT2D eigenvalue weighted by molar-refractivity contribution is 5.91. The summed E-state index contributed by atoms with van der Waals surface area (Å²) in [5.74, 6) is -2.76. The molecule has 0 saturated carbocycles. The molecule has 0 aliphatic heterocycles. The predicted molar refractivity (Wildman–Crippen MR) is 134 cm³/mol. The second-order valence-electron chi connectivity index (χ2n) is 9.68. The summed E-state index contributed by atoms with van der Waals surface area (Å²) in [5.41, 5.74) is -1.74. The van der Waals surface area contributed by atoms with E-state index in [1.807, 2.05) is 26.8 Å². The van der Waals surface area contributed by atoms with Crippen molar-refractivity contribution in [2.75, 3.05) is 5.32 Å². The Balaban J connectivity index is 0.000000782. The molecule has 6 nitrogen and oxygen atoms in total. The maximum atomic E-state index is 13.7. The van der Waals surface area contributed by atoms with Gasteiger partial charge < -0.3 is 15.7 Å². The number of rotatable bonds is 4. The Morgan fingerprint density at radius 1 is 0.762 bits per heavy atom. The van der Waals surface area contributed by atoms with Gasteiger partial charge in [-0.2, -0.15) is 39.5 Å². The number of para-hydroxylation sites is 1. The first-order valence-electron chi connectivity index (χ1n) is 11.8. The topological polar surface area (TPSA) is 91.3 Å². The highest BCUT2D eigenvalue weighted by atomic mass is 19.4. The van der Waals surface area contributed by atoms with Crippen LogP contribution in [0.1, 0.15) is 54.8 Å². The van der Waals surface area contributed by atoms with Crippen molar-refractivity contribution < 1.29 is 54.2 Å². The number of nitrogens with one attached hydrogen (secondary N) is 2. The molecule has 2 amide bonds. The number of carboxylic acid groups (broad SMARTS) is 1. The van der Waals surface area contributed by atoms with E-state index < -0.39 is 53.4 Å². The number of urea groups is 1. The van der Waals surface area contributed by atoms with Gasteiger partial charge in [0.25, 0.3) is 0 Å². The van der Waals surface area contributed by atoms with Crippen molar-refractivity contribution in [2.45, 2.75) is 50.8 Å². The van der Waals surface area contributed by atoms with E-state index in [0.717, 1.165) is 48.2 Å². The van der Waals surface area contributed by atoms with Gasteiger partial charge in [-0.15, -0.1) is 0 Å². The smallest absolute Gasteiger partial charge is 0.475 e. The number of carbonyl (C=O) groups is 2. The number of hydrogen-bond acceptors (Lipinski definition) is 3. The summed E-state index contributed by atoms with van der Waals surface area (Å²) in [6.45, 7) is 5.79. The number of alkyl halides is 9. The number of anilines is 1. The molecule has 1 heterocycles. The molecule has 0 aliphatic rings. The SMILES string of the molecule is CC(C)(C)c1ccccc1NC(=O)N[C@@H](c1ccc(C(F)(F)F)cc1)c1ncccc1C(F)(F)F.O=C(O)C(F)(F)F. The largest absolute Gasteiger partial charge is 0.490 e. The molecule has 3 N–H and O–H groups in total. The van der Waals surface area contributed by atoms with Crippen molar-refractivity contribution >= 4 is 17.7 Å². The molecular weight excluding hydrogens is 585 g/mol. The van der Waals surface area contributed by atoms with Crippen LogP contribution in [0.25, 0.3) is 0 Å². The average Bonchev–Trinajstić information content (AvgIpc) is 2.86. The molecule has 1 aromatic heterocycles. The fourth-order valence-electron chi connectivity index (χ4n) is 3.60. The van der Waals surface area contributed by atoms with Gasteiger partial charge in [0.05, 0.1) is 22.9 Å². The third kappa shape index (κ3) is 9.38. The molecule has 1 atom stereocenters. The molecule has 0 aliphatic carbocycles. The molecule has 0 radical (unpaired) electrons. The number of nitrogens with zero attached hydrogens (tertiary/aromatic N) is 1. The number of hydrogen-bond donors (Lipinski definition) is 3. The lowest BCUT2D eigenvalue weighted by molar-refractivity contribution is -0.192. The first-order chi connectivity index (χ1) is 19.1. The number of pyridine rings is 1. The molecular formula is C27H24F9N3O3. The molecule has 3 rings (SSSR count). The van der Waals surface area contributed by atoms with Crippen LogP contribution in [0.3, 0.4) is 0 Å². The molecule has 228 valence electrons. The van der Waals surface area contributed by atoms with Crippen LogP contribution in [0.2, 0.25) is 0 Å². The maximum absolute atomic E-state index is 13.7. The Bertz CT molecular complexity index is 1380. The lowest BCUT2D eigenvalue weighted by Gasteiger charge is -2.25. The van der Waals surface area contributed by atoms with Crippen molar-refractivity contribution in [3.8, 4) is 0 Å². The van der Waals surface area contributed by atoms with Gasteiger partial charge in [0.1, 0.15) is 0 Å². The Labute approximate surface area is 233 Å². The van der Waals surface area contributed by atoms with Crippen molar-refractivity contribution in [1.29, 1.82) is 0 Å². The summed E-state index contributed by atoms with van der Waals surface area (Å²) >= 11 is 0. The second kappa shape index (κ2) is 12.7. The predicted octanol–water partition coefficient (Wildman–Crippen LogP) is 7.96. The van der Waals surface area contributed by atoms with Crippen LogP contribution in [-0.2, 0) is 22.6 Å². The number of aliphatic carboxylic acids is 1. The van der Waals surface area contributed by atoms with Crippen molar-refractivity contribution in [1.82, 2.24) is 10.3 Å². The van der Waals surface area contributed by atoms with Crippen LogP contribution in [0.4, 0.5) is 50.0 Å². The van der Waals surface area contributed by atoms with E-state index >= 15 is 0 Å². The monoisotopic (exact) mass is 609 g/mol. The average molecular weight is 609 g/mol. The third-order valence-corrected chi connectivity index (χ3v) is 5.49. The minimum atomic E-state index is -5.08. The van der Waals surface area contributed by atoms with Crippen LogP contribution in [0, 0.1) is 0 Å². The number of benzene rings is 2. The van der Waals surface area contributed by atoms with Crippen molar-refractivity contribution in [3.05, 3.63) is 94.8 Å². The van der Waals surface area contributed by atoms with Gasteiger partial charge >= 0.3 is 30.5 Å². The van der Waals surface area contributed by atoms with Crippen LogP contribution < -0.4 is 10.6 Å². The van der Waals surface area contributed by atoms with E-state index in [1.54, 1.807) is 18.2 Å². The van der Waals surface area contributed by atoms with E-state index in [0.29, 0.717) is 5.69 Å². The first kappa shape index (κ1) is 33.9. The molecule has 0 fully saturated rings. The second-order valence-corrected chi connectivity index (χ2v) is 9.68. The fraction of sp³-hybridized carbons (Fsp3) is 0.296. The van der Waals surface area contributed by atoms with Gasteiger partial charge in [-0.25, -0.2) is 9.59 Å². The van der Waals surface area contributed by atoms with E-state index in [4.69, 9.17) is 9.90 Å². The summed E-state index contributed by atoms with van der Waals surface area (Å²) < 4.78 is 112. The zero-order chi connectivity index (χ0) is 32.1. The fourth-order valence-corrected chi connectivity index (χ4v) is 3.60. The molecule has 15 heteroatoms. The summed E-state index contributed by atoms with van der Waals surface area (Å²) in [6.07, 6.45) is -13.4.